The largest absolute Gasteiger partial charge is 0.493 e. The first-order chi connectivity index (χ1) is 7.88. The minimum absolute atomic E-state index is 0.0982. The summed E-state index contributed by atoms with van der Waals surface area (Å²) in [4.78, 5) is 3.98. The first-order valence-electron chi connectivity index (χ1n) is 5.23. The number of nitrogens with zero attached hydrogens (tertiary/aromatic N) is 1. The summed E-state index contributed by atoms with van der Waals surface area (Å²) in [6.07, 6.45) is -2.62. The maximum atomic E-state index is 12.8. The summed E-state index contributed by atoms with van der Waals surface area (Å²) in [6, 6.07) is 1.56. The number of hydrogen-bond donors (Lipinski definition) is 1. The fourth-order valence-corrected chi connectivity index (χ4v) is 1.67. The van der Waals surface area contributed by atoms with Gasteiger partial charge in [0.2, 0.25) is 0 Å². The smallest absolute Gasteiger partial charge is 0.411 e. The molecule has 0 spiro atoms. The van der Waals surface area contributed by atoms with Crippen LogP contribution < -0.4 is 10.1 Å². The molecule has 94 valence electrons. The standard InChI is InChI=1S/C11H13F3N2O/c1-7-5-8(9(17-2)6-15-7)16-10(3-4-10)11(12,13)14/h5-6H,3-4H2,1-2H3,(H,15,16). The number of ether oxygens (including phenoxy) is 1. The van der Waals surface area contributed by atoms with Crippen LogP contribution in [0.2, 0.25) is 0 Å². The predicted molar refractivity (Wildman–Crippen MR) is 57.2 cm³/mol. The van der Waals surface area contributed by atoms with Gasteiger partial charge in [0, 0.05) is 5.69 Å². The van der Waals surface area contributed by atoms with Crippen molar-refractivity contribution in [3.05, 3.63) is 18.0 Å². The molecule has 1 aliphatic carbocycles. The van der Waals surface area contributed by atoms with Gasteiger partial charge >= 0.3 is 6.18 Å². The zero-order chi connectivity index (χ0) is 12.7. The Morgan fingerprint density at radius 1 is 1.41 bits per heavy atom. The summed E-state index contributed by atoms with van der Waals surface area (Å²) >= 11 is 0. The average Bonchev–Trinajstić information content (AvgIpc) is 2.98. The number of anilines is 1. The van der Waals surface area contributed by atoms with Crippen LogP contribution in [0.15, 0.2) is 12.3 Å². The van der Waals surface area contributed by atoms with Gasteiger partial charge in [0.15, 0.2) is 5.75 Å². The zero-order valence-corrected chi connectivity index (χ0v) is 9.56. The lowest BCUT2D eigenvalue weighted by Gasteiger charge is -2.23. The highest BCUT2D eigenvalue weighted by Gasteiger charge is 2.63. The normalized spacial score (nSPS) is 17.7. The number of pyridine rings is 1. The fourth-order valence-electron chi connectivity index (χ4n) is 1.67. The maximum Gasteiger partial charge on any atom is 0.411 e. The van der Waals surface area contributed by atoms with Gasteiger partial charge in [0.25, 0.3) is 0 Å². The number of alkyl halides is 3. The summed E-state index contributed by atoms with van der Waals surface area (Å²) in [5.74, 6) is 0.325. The Kier molecular flexibility index (Phi) is 2.67. The van der Waals surface area contributed by atoms with Gasteiger partial charge in [-0.05, 0) is 25.8 Å². The molecule has 0 radical (unpaired) electrons. The highest BCUT2D eigenvalue weighted by atomic mass is 19.4. The molecule has 1 aliphatic rings. The van der Waals surface area contributed by atoms with Crippen molar-refractivity contribution in [2.45, 2.75) is 31.5 Å². The topological polar surface area (TPSA) is 34.1 Å². The molecule has 1 aromatic rings. The quantitative estimate of drug-likeness (QED) is 0.890. The second kappa shape index (κ2) is 3.78. The van der Waals surface area contributed by atoms with E-state index in [4.69, 9.17) is 4.74 Å². The predicted octanol–water partition coefficient (Wildman–Crippen LogP) is 2.91. The lowest BCUT2D eigenvalue weighted by Crippen LogP contribution is -2.38. The molecular formula is C11H13F3N2O. The van der Waals surface area contributed by atoms with E-state index >= 15 is 0 Å². The summed E-state index contributed by atoms with van der Waals surface area (Å²) in [5.41, 5.74) is -0.797. The number of methoxy groups -OCH3 is 1. The van der Waals surface area contributed by atoms with Crippen LogP contribution in [0.1, 0.15) is 18.5 Å². The number of aryl methyl sites for hydroxylation is 1. The van der Waals surface area contributed by atoms with Crippen molar-refractivity contribution in [3.63, 3.8) is 0 Å². The molecule has 3 nitrogen and oxygen atoms in total. The number of aromatic nitrogens is 1. The average molecular weight is 246 g/mol. The molecule has 17 heavy (non-hydrogen) atoms. The van der Waals surface area contributed by atoms with E-state index in [2.05, 4.69) is 10.3 Å². The second-order valence-electron chi connectivity index (χ2n) is 4.23. The number of hydrogen-bond acceptors (Lipinski definition) is 3. The molecule has 0 bridgehead atoms. The number of halogens is 3. The van der Waals surface area contributed by atoms with Crippen molar-refractivity contribution in [1.29, 1.82) is 0 Å². The molecule has 0 amide bonds. The van der Waals surface area contributed by atoms with E-state index in [0.29, 0.717) is 17.1 Å². The third kappa shape index (κ3) is 2.16. The first-order valence-corrected chi connectivity index (χ1v) is 5.23. The molecule has 2 rings (SSSR count). The van der Waals surface area contributed by atoms with Gasteiger partial charge in [-0.2, -0.15) is 13.2 Å². The van der Waals surface area contributed by atoms with Gasteiger partial charge < -0.3 is 10.1 Å². The van der Waals surface area contributed by atoms with Crippen molar-refractivity contribution >= 4 is 5.69 Å². The van der Waals surface area contributed by atoms with Crippen LogP contribution in [0, 0.1) is 6.92 Å². The van der Waals surface area contributed by atoms with Crippen LogP contribution in [-0.4, -0.2) is 23.8 Å². The molecule has 0 aliphatic heterocycles. The Hall–Kier alpha value is -1.46. The van der Waals surface area contributed by atoms with Crippen LogP contribution in [0.3, 0.4) is 0 Å². The third-order valence-electron chi connectivity index (χ3n) is 2.89. The molecule has 6 heteroatoms. The minimum atomic E-state index is -4.24. The van der Waals surface area contributed by atoms with E-state index in [1.165, 1.54) is 13.3 Å². The summed E-state index contributed by atoms with van der Waals surface area (Å²) in [7, 11) is 1.41. The molecule has 0 unspecified atom stereocenters. The van der Waals surface area contributed by atoms with Crippen molar-refractivity contribution in [2.75, 3.05) is 12.4 Å². The molecule has 0 saturated heterocycles. The van der Waals surface area contributed by atoms with E-state index in [0.717, 1.165) is 0 Å². The highest BCUT2D eigenvalue weighted by molar-refractivity contribution is 5.59. The monoisotopic (exact) mass is 246 g/mol. The number of rotatable bonds is 3. The molecule has 1 aromatic heterocycles. The van der Waals surface area contributed by atoms with Gasteiger partial charge in [-0.25, -0.2) is 0 Å². The van der Waals surface area contributed by atoms with Crippen LogP contribution >= 0.6 is 0 Å². The van der Waals surface area contributed by atoms with Crippen LogP contribution in [-0.2, 0) is 0 Å². The highest BCUT2D eigenvalue weighted by Crippen LogP contribution is 2.52. The Bertz CT molecular complexity index is 427. The van der Waals surface area contributed by atoms with E-state index in [-0.39, 0.29) is 12.8 Å². The molecule has 1 heterocycles. The Morgan fingerprint density at radius 3 is 2.53 bits per heavy atom. The van der Waals surface area contributed by atoms with E-state index in [1.807, 2.05) is 0 Å². The molecular weight excluding hydrogens is 233 g/mol. The van der Waals surface area contributed by atoms with Crippen molar-refractivity contribution in [3.8, 4) is 5.75 Å². The number of nitrogens with one attached hydrogen (secondary N) is 1. The maximum absolute atomic E-state index is 12.8. The van der Waals surface area contributed by atoms with Crippen molar-refractivity contribution in [1.82, 2.24) is 4.98 Å². The van der Waals surface area contributed by atoms with Gasteiger partial charge in [-0.3, -0.25) is 4.98 Å². The van der Waals surface area contributed by atoms with Gasteiger partial charge in [0.05, 0.1) is 19.0 Å². The molecule has 0 aromatic carbocycles. The second-order valence-corrected chi connectivity index (χ2v) is 4.23. The Morgan fingerprint density at radius 2 is 2.06 bits per heavy atom. The zero-order valence-electron chi connectivity index (χ0n) is 9.56. The third-order valence-corrected chi connectivity index (χ3v) is 2.89. The van der Waals surface area contributed by atoms with E-state index in [1.54, 1.807) is 13.0 Å². The Labute approximate surface area is 97.0 Å². The lowest BCUT2D eigenvalue weighted by molar-refractivity contribution is -0.151. The first kappa shape index (κ1) is 12.0. The lowest BCUT2D eigenvalue weighted by atomic mass is 10.2. The summed E-state index contributed by atoms with van der Waals surface area (Å²) in [6.45, 7) is 1.72. The molecule has 1 N–H and O–H groups in total. The van der Waals surface area contributed by atoms with Crippen LogP contribution in [0.4, 0.5) is 18.9 Å². The Balaban J connectivity index is 2.27. The molecule has 1 fully saturated rings. The van der Waals surface area contributed by atoms with Crippen LogP contribution in [0.25, 0.3) is 0 Å². The van der Waals surface area contributed by atoms with Crippen LogP contribution in [0.5, 0.6) is 5.75 Å². The summed E-state index contributed by atoms with van der Waals surface area (Å²) < 4.78 is 43.4. The SMILES string of the molecule is COc1cnc(C)cc1NC1(C(F)(F)F)CC1. The summed E-state index contributed by atoms with van der Waals surface area (Å²) in [5, 5.41) is 2.54. The minimum Gasteiger partial charge on any atom is -0.493 e. The van der Waals surface area contributed by atoms with Gasteiger partial charge in [-0.15, -0.1) is 0 Å². The molecule has 0 atom stereocenters. The fraction of sp³-hybridized carbons (Fsp3) is 0.545. The molecule has 1 saturated carbocycles. The van der Waals surface area contributed by atoms with Gasteiger partial charge in [0.1, 0.15) is 5.54 Å². The van der Waals surface area contributed by atoms with Gasteiger partial charge in [-0.1, -0.05) is 0 Å². The van der Waals surface area contributed by atoms with E-state index in [9.17, 15) is 13.2 Å². The van der Waals surface area contributed by atoms with E-state index < -0.39 is 11.7 Å². The van der Waals surface area contributed by atoms with Crippen molar-refractivity contribution < 1.29 is 17.9 Å². The van der Waals surface area contributed by atoms with Crippen molar-refractivity contribution in [2.24, 2.45) is 0 Å².